The predicted molar refractivity (Wildman–Crippen MR) is 109 cm³/mol. The zero-order valence-electron chi connectivity index (χ0n) is 15.0. The number of quaternary nitrogens is 1. The topological polar surface area (TPSA) is 93.7 Å². The quantitative estimate of drug-likeness (QED) is 0.549. The van der Waals surface area contributed by atoms with E-state index in [2.05, 4.69) is 31.2 Å². The average Bonchev–Trinajstić information content (AvgIpc) is 2.58. The molecule has 0 amide bonds. The SMILES string of the molecule is Cc1ccccc1P(c1ccccc1)c1cc(S(=O)(=O)[O-])ccc1C.[NH4+]. The maximum absolute atomic E-state index is 11.5. The van der Waals surface area contributed by atoms with E-state index >= 15 is 0 Å². The summed E-state index contributed by atoms with van der Waals surface area (Å²) in [6.07, 6.45) is 0. The minimum absolute atomic E-state index is 0. The summed E-state index contributed by atoms with van der Waals surface area (Å²) in [7, 11) is -5.44. The highest BCUT2D eigenvalue weighted by atomic mass is 32.2. The number of rotatable bonds is 4. The van der Waals surface area contributed by atoms with Crippen LogP contribution in [0.5, 0.6) is 0 Å². The Balaban J connectivity index is 0.00000243. The average molecular weight is 387 g/mol. The number of benzene rings is 3. The molecule has 0 aliphatic heterocycles. The third-order valence-electron chi connectivity index (χ3n) is 4.08. The Kier molecular flexibility index (Phi) is 6.32. The van der Waals surface area contributed by atoms with Crippen molar-refractivity contribution in [2.45, 2.75) is 18.7 Å². The van der Waals surface area contributed by atoms with Crippen LogP contribution < -0.4 is 22.1 Å². The number of hydrogen-bond acceptors (Lipinski definition) is 3. The van der Waals surface area contributed by atoms with E-state index in [-0.39, 0.29) is 11.0 Å². The lowest BCUT2D eigenvalue weighted by Crippen LogP contribution is -2.24. The lowest BCUT2D eigenvalue weighted by molar-refractivity contribution is 0.463. The second-order valence-electron chi connectivity index (χ2n) is 5.86. The molecular formula is C20H22NO3PS. The zero-order chi connectivity index (χ0) is 18.0. The molecule has 0 saturated carbocycles. The highest BCUT2D eigenvalue weighted by Crippen LogP contribution is 2.35. The molecule has 0 saturated heterocycles. The van der Waals surface area contributed by atoms with Crippen molar-refractivity contribution < 1.29 is 13.0 Å². The summed E-state index contributed by atoms with van der Waals surface area (Å²) in [4.78, 5) is -0.176. The molecule has 0 aliphatic carbocycles. The molecule has 3 aromatic rings. The van der Waals surface area contributed by atoms with Crippen molar-refractivity contribution in [2.75, 3.05) is 0 Å². The van der Waals surface area contributed by atoms with Crippen LogP contribution in [0.4, 0.5) is 0 Å². The van der Waals surface area contributed by atoms with Crippen LogP contribution in [-0.2, 0) is 10.1 Å². The van der Waals surface area contributed by atoms with Crippen LogP contribution in [0.15, 0.2) is 77.7 Å². The zero-order valence-corrected chi connectivity index (χ0v) is 16.7. The van der Waals surface area contributed by atoms with E-state index in [1.54, 1.807) is 12.1 Å². The first kappa shape index (κ1) is 20.3. The molecule has 26 heavy (non-hydrogen) atoms. The molecule has 0 radical (unpaired) electrons. The summed E-state index contributed by atoms with van der Waals surface area (Å²) < 4.78 is 34.5. The van der Waals surface area contributed by atoms with Crippen molar-refractivity contribution >= 4 is 34.0 Å². The molecule has 0 aliphatic rings. The van der Waals surface area contributed by atoms with Gasteiger partial charge in [0.05, 0.1) is 4.90 Å². The summed E-state index contributed by atoms with van der Waals surface area (Å²) >= 11 is 0. The van der Waals surface area contributed by atoms with Gasteiger partial charge in [0.2, 0.25) is 0 Å². The molecular weight excluding hydrogens is 365 g/mol. The summed E-state index contributed by atoms with van der Waals surface area (Å²) in [6, 6.07) is 22.8. The normalized spacial score (nSPS) is 12.3. The van der Waals surface area contributed by atoms with Gasteiger partial charge in [0, 0.05) is 0 Å². The van der Waals surface area contributed by atoms with Gasteiger partial charge in [-0.05, 0) is 60.9 Å². The Labute approximate surface area is 156 Å². The van der Waals surface area contributed by atoms with Crippen molar-refractivity contribution in [3.63, 3.8) is 0 Å². The van der Waals surface area contributed by atoms with Gasteiger partial charge in [-0.25, -0.2) is 8.42 Å². The van der Waals surface area contributed by atoms with Crippen molar-refractivity contribution in [3.8, 4) is 0 Å². The van der Waals surface area contributed by atoms with Crippen molar-refractivity contribution in [2.24, 2.45) is 0 Å². The third kappa shape index (κ3) is 4.19. The minimum atomic E-state index is -4.49. The molecule has 4 nitrogen and oxygen atoms in total. The Morgan fingerprint density at radius 1 is 0.769 bits per heavy atom. The molecule has 3 aromatic carbocycles. The van der Waals surface area contributed by atoms with Crippen LogP contribution in [0, 0.1) is 13.8 Å². The van der Waals surface area contributed by atoms with Gasteiger partial charge in [0.25, 0.3) is 0 Å². The molecule has 1 unspecified atom stereocenters. The van der Waals surface area contributed by atoms with Gasteiger partial charge in [-0.3, -0.25) is 0 Å². The maximum Gasteiger partial charge on any atom is 0.124 e. The van der Waals surface area contributed by atoms with E-state index in [1.165, 1.54) is 6.07 Å². The third-order valence-corrected chi connectivity index (χ3v) is 7.67. The van der Waals surface area contributed by atoms with Gasteiger partial charge < -0.3 is 10.7 Å². The number of hydrogen-bond donors (Lipinski definition) is 1. The highest BCUT2D eigenvalue weighted by Gasteiger charge is 2.21. The highest BCUT2D eigenvalue weighted by molar-refractivity contribution is 7.86. The molecule has 0 fully saturated rings. The second kappa shape index (κ2) is 8.11. The summed E-state index contributed by atoms with van der Waals surface area (Å²) in [5.74, 6) is 0. The van der Waals surface area contributed by atoms with E-state index in [0.29, 0.717) is 0 Å². The van der Waals surface area contributed by atoms with Gasteiger partial charge in [-0.1, -0.05) is 60.7 Å². The van der Waals surface area contributed by atoms with Crippen LogP contribution in [0.25, 0.3) is 0 Å². The van der Waals surface area contributed by atoms with Crippen LogP contribution in [0.3, 0.4) is 0 Å². The summed E-state index contributed by atoms with van der Waals surface area (Å²) in [6.45, 7) is 4.00. The van der Waals surface area contributed by atoms with Gasteiger partial charge in [0.1, 0.15) is 10.1 Å². The Morgan fingerprint density at radius 3 is 1.96 bits per heavy atom. The summed E-state index contributed by atoms with van der Waals surface area (Å²) in [5, 5.41) is 3.18. The van der Waals surface area contributed by atoms with E-state index in [0.717, 1.165) is 27.0 Å². The van der Waals surface area contributed by atoms with Crippen molar-refractivity contribution in [1.29, 1.82) is 0 Å². The minimum Gasteiger partial charge on any atom is -0.744 e. The lowest BCUT2D eigenvalue weighted by atomic mass is 10.2. The van der Waals surface area contributed by atoms with Crippen molar-refractivity contribution in [3.05, 3.63) is 83.9 Å². The Hall–Kier alpha value is -2.04. The monoisotopic (exact) mass is 387 g/mol. The fourth-order valence-corrected chi connectivity index (χ4v) is 6.01. The molecule has 1 atom stereocenters. The molecule has 0 aromatic heterocycles. The molecule has 6 heteroatoms. The van der Waals surface area contributed by atoms with Gasteiger partial charge in [-0.15, -0.1) is 0 Å². The fraction of sp³-hybridized carbons (Fsp3) is 0.100. The molecule has 136 valence electrons. The van der Waals surface area contributed by atoms with Crippen LogP contribution in [0.2, 0.25) is 0 Å². The van der Waals surface area contributed by atoms with E-state index in [4.69, 9.17) is 0 Å². The Morgan fingerprint density at radius 2 is 1.35 bits per heavy atom. The summed E-state index contributed by atoms with van der Waals surface area (Å²) in [5.41, 5.74) is 2.12. The van der Waals surface area contributed by atoms with E-state index in [1.807, 2.05) is 37.3 Å². The van der Waals surface area contributed by atoms with Crippen molar-refractivity contribution in [1.82, 2.24) is 6.15 Å². The van der Waals surface area contributed by atoms with E-state index < -0.39 is 18.0 Å². The van der Waals surface area contributed by atoms with Gasteiger partial charge >= 0.3 is 0 Å². The Bertz CT molecular complexity index is 1000. The van der Waals surface area contributed by atoms with Crippen LogP contribution in [0.1, 0.15) is 11.1 Å². The first-order valence-electron chi connectivity index (χ1n) is 7.85. The van der Waals surface area contributed by atoms with Crippen LogP contribution >= 0.6 is 7.92 Å². The molecule has 4 N–H and O–H groups in total. The standard InChI is InChI=1S/C20H19O3PS.H3N/c1-15-8-6-7-11-19(15)24(17-9-4-3-5-10-17)20-14-18(25(21,22)23)13-12-16(20)2;/h3-14H,1-2H3,(H,21,22,23);1H3. The number of aryl methyl sites for hydroxylation is 2. The van der Waals surface area contributed by atoms with Gasteiger partial charge in [0.15, 0.2) is 0 Å². The molecule has 0 heterocycles. The van der Waals surface area contributed by atoms with Gasteiger partial charge in [-0.2, -0.15) is 0 Å². The lowest BCUT2D eigenvalue weighted by Gasteiger charge is -2.24. The fourth-order valence-electron chi connectivity index (χ4n) is 2.78. The smallest absolute Gasteiger partial charge is 0.124 e. The molecule has 0 bridgehead atoms. The first-order valence-corrected chi connectivity index (χ1v) is 10.6. The molecule has 0 spiro atoms. The largest absolute Gasteiger partial charge is 0.744 e. The van der Waals surface area contributed by atoms with E-state index in [9.17, 15) is 13.0 Å². The first-order chi connectivity index (χ1) is 11.9. The maximum atomic E-state index is 11.5. The predicted octanol–water partition coefficient (Wildman–Crippen LogP) is 3.34. The second-order valence-corrected chi connectivity index (χ2v) is 9.39. The van der Waals surface area contributed by atoms with Crippen LogP contribution in [-0.4, -0.2) is 13.0 Å². The molecule has 3 rings (SSSR count).